The minimum atomic E-state index is -3.65. The van der Waals surface area contributed by atoms with Crippen LogP contribution in [-0.4, -0.2) is 45.3 Å². The Morgan fingerprint density at radius 3 is 2.33 bits per heavy atom. The first-order valence-corrected chi connectivity index (χ1v) is 11.1. The average Bonchev–Trinajstić information content (AvgIpc) is 3.50. The van der Waals surface area contributed by atoms with Crippen LogP contribution in [0.25, 0.3) is 0 Å². The van der Waals surface area contributed by atoms with E-state index in [9.17, 15) is 18.0 Å². The number of benzene rings is 2. The van der Waals surface area contributed by atoms with Gasteiger partial charge in [0.25, 0.3) is 5.91 Å². The third-order valence-corrected chi connectivity index (χ3v) is 7.31. The van der Waals surface area contributed by atoms with Crippen LogP contribution in [0.5, 0.6) is 0 Å². The first kappa shape index (κ1) is 22.3. The molecule has 1 saturated carbocycles. The summed E-state index contributed by atoms with van der Waals surface area (Å²) >= 11 is 5.90. The Kier molecular flexibility index (Phi) is 6.21. The molecule has 160 valence electrons. The molecule has 2 aromatic rings. The molecule has 0 aromatic heterocycles. The van der Waals surface area contributed by atoms with Gasteiger partial charge in [-0.15, -0.1) is 0 Å². The number of sulfonamides is 1. The molecular weight excluding hydrogens is 428 g/mol. The standard InChI is InChI=1S/C21H23ClN2O5S/c1-14-4-9-17(12-18(14)30(27,28)24(2)3)23-19(25)13-29-20(26)21(10-11-21)15-5-7-16(22)8-6-15/h4-9,12H,10-11,13H2,1-3H3,(H,23,25). The molecule has 0 heterocycles. The number of halogens is 1. The molecule has 0 bridgehead atoms. The number of amides is 1. The fourth-order valence-corrected chi connectivity index (χ4v) is 4.39. The molecule has 1 aliphatic rings. The summed E-state index contributed by atoms with van der Waals surface area (Å²) in [6.45, 7) is 1.22. The predicted molar refractivity (Wildman–Crippen MR) is 114 cm³/mol. The molecule has 0 radical (unpaired) electrons. The summed E-state index contributed by atoms with van der Waals surface area (Å²) in [5, 5.41) is 3.16. The van der Waals surface area contributed by atoms with Crippen molar-refractivity contribution in [3.8, 4) is 0 Å². The molecular formula is C21H23ClN2O5S. The van der Waals surface area contributed by atoms with E-state index in [0.29, 0.717) is 29.1 Å². The predicted octanol–water partition coefficient (Wildman–Crippen LogP) is 3.11. The van der Waals surface area contributed by atoms with Crippen molar-refractivity contribution in [2.24, 2.45) is 0 Å². The highest BCUT2D eigenvalue weighted by atomic mass is 35.5. The molecule has 0 spiro atoms. The number of hydrogen-bond donors (Lipinski definition) is 1. The van der Waals surface area contributed by atoms with E-state index in [2.05, 4.69) is 5.32 Å². The van der Waals surface area contributed by atoms with Crippen LogP contribution in [0.4, 0.5) is 5.69 Å². The number of rotatable bonds is 7. The van der Waals surface area contributed by atoms with Gasteiger partial charge in [0.05, 0.1) is 10.3 Å². The monoisotopic (exact) mass is 450 g/mol. The zero-order valence-corrected chi connectivity index (χ0v) is 18.5. The van der Waals surface area contributed by atoms with Gasteiger partial charge in [-0.25, -0.2) is 12.7 Å². The maximum absolute atomic E-state index is 12.6. The van der Waals surface area contributed by atoms with Crippen LogP contribution < -0.4 is 5.32 Å². The first-order chi connectivity index (χ1) is 14.1. The van der Waals surface area contributed by atoms with Gasteiger partial charge in [-0.2, -0.15) is 0 Å². The lowest BCUT2D eigenvalue weighted by molar-refractivity contribution is -0.150. The van der Waals surface area contributed by atoms with Crippen LogP contribution in [0, 0.1) is 6.92 Å². The topological polar surface area (TPSA) is 92.8 Å². The summed E-state index contributed by atoms with van der Waals surface area (Å²) in [6, 6.07) is 11.6. The minimum Gasteiger partial charge on any atom is -0.455 e. The van der Waals surface area contributed by atoms with E-state index in [1.165, 1.54) is 20.2 Å². The SMILES string of the molecule is Cc1ccc(NC(=O)COC(=O)C2(c3ccc(Cl)cc3)CC2)cc1S(=O)(=O)N(C)C. The van der Waals surface area contributed by atoms with E-state index in [1.807, 2.05) is 0 Å². The second-order valence-electron chi connectivity index (χ2n) is 7.48. The summed E-state index contributed by atoms with van der Waals surface area (Å²) in [5.41, 5.74) is 0.962. The number of carbonyl (C=O) groups is 2. The lowest BCUT2D eigenvalue weighted by Crippen LogP contribution is -2.28. The molecule has 1 fully saturated rings. The maximum atomic E-state index is 12.6. The van der Waals surface area contributed by atoms with Crippen LogP contribution in [-0.2, 0) is 29.8 Å². The van der Waals surface area contributed by atoms with Gasteiger partial charge in [0.1, 0.15) is 0 Å². The molecule has 7 nitrogen and oxygen atoms in total. The van der Waals surface area contributed by atoms with Gasteiger partial charge >= 0.3 is 5.97 Å². The quantitative estimate of drug-likeness (QED) is 0.654. The molecule has 0 unspecified atom stereocenters. The molecule has 0 saturated heterocycles. The van der Waals surface area contributed by atoms with E-state index in [1.54, 1.807) is 43.3 Å². The van der Waals surface area contributed by atoms with Gasteiger partial charge in [0.2, 0.25) is 10.0 Å². The first-order valence-electron chi connectivity index (χ1n) is 9.32. The number of aryl methyl sites for hydroxylation is 1. The van der Waals surface area contributed by atoms with Crippen LogP contribution in [0.15, 0.2) is 47.4 Å². The minimum absolute atomic E-state index is 0.0990. The molecule has 1 aliphatic carbocycles. The smallest absolute Gasteiger partial charge is 0.317 e. The number of ether oxygens (including phenoxy) is 1. The van der Waals surface area contributed by atoms with Crippen molar-refractivity contribution in [1.29, 1.82) is 0 Å². The third-order valence-electron chi connectivity index (χ3n) is 5.10. The number of nitrogens with one attached hydrogen (secondary N) is 1. The summed E-state index contributed by atoms with van der Waals surface area (Å²) < 4.78 is 31.2. The molecule has 3 rings (SSSR count). The summed E-state index contributed by atoms with van der Waals surface area (Å²) in [6.07, 6.45) is 1.30. The lowest BCUT2D eigenvalue weighted by atomic mass is 9.96. The molecule has 2 aromatic carbocycles. The molecule has 1 amide bonds. The number of hydrogen-bond acceptors (Lipinski definition) is 5. The molecule has 30 heavy (non-hydrogen) atoms. The Hall–Kier alpha value is -2.42. The second kappa shape index (κ2) is 8.37. The highest BCUT2D eigenvalue weighted by molar-refractivity contribution is 7.89. The third kappa shape index (κ3) is 4.50. The molecule has 9 heteroatoms. The van der Waals surface area contributed by atoms with Crippen molar-refractivity contribution in [3.05, 3.63) is 58.6 Å². The fourth-order valence-electron chi connectivity index (χ4n) is 3.12. The van der Waals surface area contributed by atoms with Crippen molar-refractivity contribution in [3.63, 3.8) is 0 Å². The van der Waals surface area contributed by atoms with Crippen LogP contribution in [0.3, 0.4) is 0 Å². The van der Waals surface area contributed by atoms with Gasteiger partial charge in [-0.1, -0.05) is 29.8 Å². The number of anilines is 1. The summed E-state index contributed by atoms with van der Waals surface area (Å²) in [4.78, 5) is 24.9. The molecule has 1 N–H and O–H groups in total. The van der Waals surface area contributed by atoms with Gasteiger partial charge in [-0.05, 0) is 55.2 Å². The van der Waals surface area contributed by atoms with Crippen molar-refractivity contribution >= 4 is 39.2 Å². The van der Waals surface area contributed by atoms with E-state index >= 15 is 0 Å². The van der Waals surface area contributed by atoms with E-state index in [4.69, 9.17) is 16.3 Å². The Labute approximate surface area is 181 Å². The maximum Gasteiger partial charge on any atom is 0.317 e. The zero-order chi connectivity index (χ0) is 22.1. The molecule has 0 atom stereocenters. The number of nitrogens with zero attached hydrogens (tertiary/aromatic N) is 1. The van der Waals surface area contributed by atoms with Crippen molar-refractivity contribution < 1.29 is 22.7 Å². The Bertz CT molecular complexity index is 1080. The largest absolute Gasteiger partial charge is 0.455 e. The van der Waals surface area contributed by atoms with Crippen LogP contribution in [0.2, 0.25) is 5.02 Å². The Morgan fingerprint density at radius 1 is 1.13 bits per heavy atom. The van der Waals surface area contributed by atoms with Gasteiger partial charge in [-0.3, -0.25) is 9.59 Å². The Balaban J connectivity index is 1.64. The fraction of sp³-hybridized carbons (Fsp3) is 0.333. The lowest BCUT2D eigenvalue weighted by Gasteiger charge is -2.16. The van der Waals surface area contributed by atoms with Gasteiger partial charge in [0.15, 0.2) is 6.61 Å². The second-order valence-corrected chi connectivity index (χ2v) is 10.0. The highest BCUT2D eigenvalue weighted by Gasteiger charge is 2.52. The number of esters is 1. The van der Waals surface area contributed by atoms with Crippen LogP contribution >= 0.6 is 11.6 Å². The summed E-state index contributed by atoms with van der Waals surface area (Å²) in [5.74, 6) is -1.01. The van der Waals surface area contributed by atoms with E-state index in [-0.39, 0.29) is 4.90 Å². The van der Waals surface area contributed by atoms with Crippen molar-refractivity contribution in [2.45, 2.75) is 30.1 Å². The van der Waals surface area contributed by atoms with E-state index in [0.717, 1.165) is 9.87 Å². The summed E-state index contributed by atoms with van der Waals surface area (Å²) in [7, 11) is -0.772. The number of carbonyl (C=O) groups excluding carboxylic acids is 2. The van der Waals surface area contributed by atoms with Gasteiger partial charge < -0.3 is 10.1 Å². The average molecular weight is 451 g/mol. The van der Waals surface area contributed by atoms with E-state index < -0.39 is 33.9 Å². The molecule has 0 aliphatic heterocycles. The van der Waals surface area contributed by atoms with Gasteiger partial charge in [0, 0.05) is 24.8 Å². The van der Waals surface area contributed by atoms with Crippen molar-refractivity contribution in [2.75, 3.05) is 26.0 Å². The van der Waals surface area contributed by atoms with Crippen LogP contribution in [0.1, 0.15) is 24.0 Å². The Morgan fingerprint density at radius 2 is 1.77 bits per heavy atom. The zero-order valence-electron chi connectivity index (χ0n) is 16.9. The highest BCUT2D eigenvalue weighted by Crippen LogP contribution is 2.49. The van der Waals surface area contributed by atoms with Crippen molar-refractivity contribution in [1.82, 2.24) is 4.31 Å². The normalized spacial score (nSPS) is 15.0.